The number of fused-ring (bicyclic) bond motifs is 1. The molecule has 0 aliphatic rings. The number of nitrogens with zero attached hydrogens (tertiary/aromatic N) is 3. The lowest BCUT2D eigenvalue weighted by Gasteiger charge is -2.21. The lowest BCUT2D eigenvalue weighted by molar-refractivity contribution is 0.145. The van der Waals surface area contributed by atoms with E-state index in [0.29, 0.717) is 13.0 Å². The normalized spacial score (nSPS) is 10.9. The predicted molar refractivity (Wildman–Crippen MR) is 83.5 cm³/mol. The summed E-state index contributed by atoms with van der Waals surface area (Å²) in [6.07, 6.45) is 2.28. The number of aromatic nitrogens is 1. The number of pyridine rings is 1. The molecule has 1 aromatic carbocycles. The number of hydrogen-bond donors (Lipinski definition) is 1. The van der Waals surface area contributed by atoms with E-state index in [-0.39, 0.29) is 0 Å². The molecule has 0 unspecified atom stereocenters. The summed E-state index contributed by atoms with van der Waals surface area (Å²) in [5.74, 6) is 0. The Balaban J connectivity index is 2.23. The lowest BCUT2D eigenvalue weighted by Crippen LogP contribution is -2.28. The molecule has 0 saturated heterocycles. The summed E-state index contributed by atoms with van der Waals surface area (Å²) in [6.45, 7) is 2.89. The predicted octanol–water partition coefficient (Wildman–Crippen LogP) is 2.18. The Kier molecular flexibility index (Phi) is 5.50. The van der Waals surface area contributed by atoms with Crippen LogP contribution in [0, 0.1) is 11.3 Å². The number of nitrogen functional groups attached to an aromatic ring is 1. The number of nitrogens with two attached hydrogens (primary N) is 1. The first-order chi connectivity index (χ1) is 10.3. The van der Waals surface area contributed by atoms with Crippen LogP contribution in [0.25, 0.3) is 10.9 Å². The third-order valence-corrected chi connectivity index (χ3v) is 3.43. The molecule has 0 spiro atoms. The molecular weight excluding hydrogens is 264 g/mol. The molecular formula is C16H20N4O. The second-order valence-electron chi connectivity index (χ2n) is 4.89. The minimum Gasteiger partial charge on any atom is -0.398 e. The van der Waals surface area contributed by atoms with Crippen molar-refractivity contribution in [3.05, 3.63) is 36.0 Å². The zero-order valence-corrected chi connectivity index (χ0v) is 12.2. The third-order valence-electron chi connectivity index (χ3n) is 3.43. The van der Waals surface area contributed by atoms with E-state index in [4.69, 9.17) is 15.7 Å². The molecule has 1 aromatic heterocycles. The van der Waals surface area contributed by atoms with Crippen molar-refractivity contribution in [1.82, 2.24) is 9.88 Å². The summed E-state index contributed by atoms with van der Waals surface area (Å²) in [5.41, 5.74) is 8.78. The number of hydrogen-bond acceptors (Lipinski definition) is 5. The summed E-state index contributed by atoms with van der Waals surface area (Å²) in [6, 6.07) is 9.99. The number of anilines is 1. The van der Waals surface area contributed by atoms with Gasteiger partial charge in [0.05, 0.1) is 18.2 Å². The standard InChI is InChI=1S/C16H20N4O/c1-21-11-10-20(9-3-7-17)12-13-5-6-15(18)14-4-2-8-19-16(13)14/h2,4-6,8H,3,9-12,18H2,1H3. The quantitative estimate of drug-likeness (QED) is 0.789. The van der Waals surface area contributed by atoms with Crippen molar-refractivity contribution in [2.24, 2.45) is 0 Å². The van der Waals surface area contributed by atoms with Gasteiger partial charge in [-0.15, -0.1) is 0 Å². The molecule has 2 aromatic rings. The Bertz CT molecular complexity index is 636. The van der Waals surface area contributed by atoms with Crippen molar-refractivity contribution in [1.29, 1.82) is 5.26 Å². The zero-order chi connectivity index (χ0) is 15.1. The molecule has 0 fully saturated rings. The molecule has 21 heavy (non-hydrogen) atoms. The van der Waals surface area contributed by atoms with Gasteiger partial charge in [-0.1, -0.05) is 6.07 Å². The Morgan fingerprint density at radius 1 is 1.33 bits per heavy atom. The van der Waals surface area contributed by atoms with Gasteiger partial charge < -0.3 is 10.5 Å². The maximum Gasteiger partial charge on any atom is 0.0767 e. The van der Waals surface area contributed by atoms with Gasteiger partial charge in [0.2, 0.25) is 0 Å². The van der Waals surface area contributed by atoms with Gasteiger partial charge in [0.1, 0.15) is 0 Å². The highest BCUT2D eigenvalue weighted by molar-refractivity contribution is 5.92. The first-order valence-corrected chi connectivity index (χ1v) is 6.96. The lowest BCUT2D eigenvalue weighted by atomic mass is 10.1. The van der Waals surface area contributed by atoms with Crippen LogP contribution in [0.2, 0.25) is 0 Å². The van der Waals surface area contributed by atoms with Gasteiger partial charge in [0, 0.05) is 50.4 Å². The highest BCUT2D eigenvalue weighted by Crippen LogP contribution is 2.23. The summed E-state index contributed by atoms with van der Waals surface area (Å²) in [7, 11) is 1.68. The van der Waals surface area contributed by atoms with E-state index in [1.807, 2.05) is 24.3 Å². The van der Waals surface area contributed by atoms with Crippen LogP contribution in [0.3, 0.4) is 0 Å². The molecule has 0 saturated carbocycles. The van der Waals surface area contributed by atoms with Crippen LogP contribution < -0.4 is 5.73 Å². The topological polar surface area (TPSA) is 75.2 Å². The van der Waals surface area contributed by atoms with E-state index in [2.05, 4.69) is 16.0 Å². The van der Waals surface area contributed by atoms with Gasteiger partial charge in [-0.3, -0.25) is 9.88 Å². The molecule has 0 aliphatic heterocycles. The number of methoxy groups -OCH3 is 1. The number of ether oxygens (including phenoxy) is 1. The van der Waals surface area contributed by atoms with Crippen molar-refractivity contribution in [2.45, 2.75) is 13.0 Å². The van der Waals surface area contributed by atoms with E-state index < -0.39 is 0 Å². The van der Waals surface area contributed by atoms with Crippen molar-refractivity contribution in [3.63, 3.8) is 0 Å². The van der Waals surface area contributed by atoms with Crippen LogP contribution in [0.15, 0.2) is 30.5 Å². The van der Waals surface area contributed by atoms with Crippen LogP contribution >= 0.6 is 0 Å². The largest absolute Gasteiger partial charge is 0.398 e. The van der Waals surface area contributed by atoms with Crippen LogP contribution in [0.5, 0.6) is 0 Å². The van der Waals surface area contributed by atoms with Crippen molar-refractivity contribution in [2.75, 3.05) is 32.5 Å². The van der Waals surface area contributed by atoms with Gasteiger partial charge in [-0.05, 0) is 23.8 Å². The van der Waals surface area contributed by atoms with Crippen molar-refractivity contribution < 1.29 is 4.74 Å². The van der Waals surface area contributed by atoms with Gasteiger partial charge >= 0.3 is 0 Å². The monoisotopic (exact) mass is 284 g/mol. The van der Waals surface area contributed by atoms with Gasteiger partial charge in [-0.25, -0.2) is 0 Å². The number of nitriles is 1. The van der Waals surface area contributed by atoms with Gasteiger partial charge in [-0.2, -0.15) is 5.26 Å². The SMILES string of the molecule is COCCN(CCC#N)Cc1ccc(N)c2cccnc12. The molecule has 5 nitrogen and oxygen atoms in total. The van der Waals surface area contributed by atoms with Crippen LogP contribution in [0.4, 0.5) is 5.69 Å². The van der Waals surface area contributed by atoms with Crippen LogP contribution in [0.1, 0.15) is 12.0 Å². The second-order valence-corrected chi connectivity index (χ2v) is 4.89. The van der Waals surface area contributed by atoms with Crippen molar-refractivity contribution in [3.8, 4) is 6.07 Å². The van der Waals surface area contributed by atoms with E-state index in [1.54, 1.807) is 13.3 Å². The number of rotatable bonds is 7. The minimum atomic E-state index is 0.504. The third kappa shape index (κ3) is 3.91. The Morgan fingerprint density at radius 2 is 2.19 bits per heavy atom. The average molecular weight is 284 g/mol. The molecule has 1 heterocycles. The second kappa shape index (κ2) is 7.58. The van der Waals surface area contributed by atoms with E-state index in [1.165, 1.54) is 0 Å². The molecule has 5 heteroatoms. The fraction of sp³-hybridized carbons (Fsp3) is 0.375. The average Bonchev–Trinajstić information content (AvgIpc) is 2.52. The molecule has 2 N–H and O–H groups in total. The summed E-state index contributed by atoms with van der Waals surface area (Å²) in [5, 5.41) is 9.75. The minimum absolute atomic E-state index is 0.504. The Labute approximate surface area is 124 Å². The van der Waals surface area contributed by atoms with Crippen molar-refractivity contribution >= 4 is 16.6 Å². The van der Waals surface area contributed by atoms with E-state index >= 15 is 0 Å². The van der Waals surface area contributed by atoms with Crippen LogP contribution in [-0.4, -0.2) is 36.7 Å². The molecule has 0 atom stereocenters. The summed E-state index contributed by atoms with van der Waals surface area (Å²) in [4.78, 5) is 6.65. The zero-order valence-electron chi connectivity index (χ0n) is 12.2. The van der Waals surface area contributed by atoms with E-state index in [9.17, 15) is 0 Å². The van der Waals surface area contributed by atoms with Gasteiger partial charge in [0.25, 0.3) is 0 Å². The molecule has 2 rings (SSSR count). The Hall–Kier alpha value is -2.16. The summed E-state index contributed by atoms with van der Waals surface area (Å²) >= 11 is 0. The molecule has 110 valence electrons. The Morgan fingerprint density at radius 3 is 2.95 bits per heavy atom. The fourth-order valence-electron chi connectivity index (χ4n) is 2.32. The maximum atomic E-state index is 8.78. The van der Waals surface area contributed by atoms with Gasteiger partial charge in [0.15, 0.2) is 0 Å². The first-order valence-electron chi connectivity index (χ1n) is 6.96. The van der Waals surface area contributed by atoms with E-state index in [0.717, 1.165) is 41.8 Å². The number of benzene rings is 1. The smallest absolute Gasteiger partial charge is 0.0767 e. The van der Waals surface area contributed by atoms with Crippen LogP contribution in [-0.2, 0) is 11.3 Å². The summed E-state index contributed by atoms with van der Waals surface area (Å²) < 4.78 is 5.14. The highest BCUT2D eigenvalue weighted by Gasteiger charge is 2.10. The highest BCUT2D eigenvalue weighted by atomic mass is 16.5. The molecule has 0 aliphatic carbocycles. The molecule has 0 bridgehead atoms. The maximum absolute atomic E-state index is 8.78. The molecule has 0 amide bonds. The fourth-order valence-corrected chi connectivity index (χ4v) is 2.32. The molecule has 0 radical (unpaired) electrons. The first kappa shape index (κ1) is 15.2.